The van der Waals surface area contributed by atoms with Crippen molar-refractivity contribution in [3.63, 3.8) is 0 Å². The highest BCUT2D eigenvalue weighted by Crippen LogP contribution is 2.43. The Hall–Kier alpha value is -0.340. The van der Waals surface area contributed by atoms with Crippen LogP contribution in [0.25, 0.3) is 0 Å². The van der Waals surface area contributed by atoms with Crippen molar-refractivity contribution in [3.8, 4) is 0 Å². The molecule has 0 bridgehead atoms. The minimum Gasteiger partial charge on any atom is -0.378 e. The van der Waals surface area contributed by atoms with E-state index in [1.807, 2.05) is 0 Å². The summed E-state index contributed by atoms with van der Waals surface area (Å²) < 4.78 is 5.57. The normalized spacial score (nSPS) is 47.1. The van der Waals surface area contributed by atoms with Crippen LogP contribution in [0.4, 0.5) is 0 Å². The third-order valence-electron chi connectivity index (χ3n) is 4.31. The monoisotopic (exact) mass is 207 g/mol. The van der Waals surface area contributed by atoms with E-state index < -0.39 is 0 Å². The Morgan fingerprint density at radius 1 is 1.33 bits per heavy atom. The van der Waals surface area contributed by atoms with Gasteiger partial charge in [-0.25, -0.2) is 0 Å². The van der Waals surface area contributed by atoms with Crippen LogP contribution >= 0.6 is 0 Å². The number of hydrogen-bond acceptors (Lipinski definition) is 2. The van der Waals surface area contributed by atoms with Gasteiger partial charge >= 0.3 is 0 Å². The van der Waals surface area contributed by atoms with Crippen molar-refractivity contribution in [1.82, 2.24) is 5.32 Å². The summed E-state index contributed by atoms with van der Waals surface area (Å²) in [6.07, 6.45) is 10.5. The SMILES string of the molecule is CCOC1CC(NC2CC3CC=CC32)C1. The summed E-state index contributed by atoms with van der Waals surface area (Å²) in [5, 5.41) is 3.78. The standard InChI is InChI=1S/C13H21NO/c1-2-15-11-7-10(8-11)14-13-6-9-4-3-5-12(9)13/h3,5,9-14H,2,4,6-8H2,1H3. The largest absolute Gasteiger partial charge is 0.378 e. The first-order valence-electron chi connectivity index (χ1n) is 6.41. The summed E-state index contributed by atoms with van der Waals surface area (Å²) in [6, 6.07) is 1.52. The molecule has 2 nitrogen and oxygen atoms in total. The molecule has 3 aliphatic rings. The maximum absolute atomic E-state index is 5.57. The number of fused-ring (bicyclic) bond motifs is 1. The van der Waals surface area contributed by atoms with Crippen molar-refractivity contribution < 1.29 is 4.74 Å². The van der Waals surface area contributed by atoms with Crippen LogP contribution in [-0.4, -0.2) is 24.8 Å². The van der Waals surface area contributed by atoms with E-state index in [2.05, 4.69) is 24.4 Å². The number of allylic oxidation sites excluding steroid dienone is 1. The molecule has 0 saturated heterocycles. The Morgan fingerprint density at radius 3 is 2.93 bits per heavy atom. The minimum atomic E-state index is 0.544. The molecule has 0 aliphatic heterocycles. The Labute approximate surface area is 92.1 Å². The van der Waals surface area contributed by atoms with E-state index in [0.29, 0.717) is 6.10 Å². The molecular formula is C13H21NO. The molecule has 2 saturated carbocycles. The van der Waals surface area contributed by atoms with E-state index in [9.17, 15) is 0 Å². The molecule has 0 aromatic carbocycles. The molecule has 1 N–H and O–H groups in total. The molecule has 15 heavy (non-hydrogen) atoms. The highest BCUT2D eigenvalue weighted by atomic mass is 16.5. The lowest BCUT2D eigenvalue weighted by molar-refractivity contribution is -0.0199. The van der Waals surface area contributed by atoms with Gasteiger partial charge in [0.1, 0.15) is 0 Å². The van der Waals surface area contributed by atoms with Crippen LogP contribution in [0.15, 0.2) is 12.2 Å². The highest BCUT2D eigenvalue weighted by Gasteiger charge is 2.43. The smallest absolute Gasteiger partial charge is 0.0604 e. The van der Waals surface area contributed by atoms with Gasteiger partial charge in [-0.15, -0.1) is 0 Å². The van der Waals surface area contributed by atoms with Crippen LogP contribution < -0.4 is 5.32 Å². The molecule has 3 atom stereocenters. The van der Waals surface area contributed by atoms with Gasteiger partial charge in [0.15, 0.2) is 0 Å². The van der Waals surface area contributed by atoms with Gasteiger partial charge in [0.25, 0.3) is 0 Å². The van der Waals surface area contributed by atoms with Gasteiger partial charge in [0.05, 0.1) is 6.10 Å². The van der Waals surface area contributed by atoms with Gasteiger partial charge in [-0.2, -0.15) is 0 Å². The molecule has 3 aliphatic carbocycles. The summed E-state index contributed by atoms with van der Waals surface area (Å²) >= 11 is 0. The topological polar surface area (TPSA) is 21.3 Å². The van der Waals surface area contributed by atoms with Gasteiger partial charge < -0.3 is 10.1 Å². The summed E-state index contributed by atoms with van der Waals surface area (Å²) in [4.78, 5) is 0. The zero-order valence-electron chi connectivity index (χ0n) is 9.49. The van der Waals surface area contributed by atoms with Crippen molar-refractivity contribution in [2.75, 3.05) is 6.61 Å². The summed E-state index contributed by atoms with van der Waals surface area (Å²) in [5.74, 6) is 1.83. The van der Waals surface area contributed by atoms with Crippen molar-refractivity contribution in [2.24, 2.45) is 11.8 Å². The van der Waals surface area contributed by atoms with Crippen molar-refractivity contribution >= 4 is 0 Å². The van der Waals surface area contributed by atoms with Gasteiger partial charge in [0, 0.05) is 18.7 Å². The number of ether oxygens (including phenoxy) is 1. The number of hydrogen-bond donors (Lipinski definition) is 1. The predicted octanol–water partition coefficient (Wildman–Crippen LogP) is 2.11. The van der Waals surface area contributed by atoms with E-state index >= 15 is 0 Å². The highest BCUT2D eigenvalue weighted by molar-refractivity contribution is 5.13. The van der Waals surface area contributed by atoms with Crippen LogP contribution in [0, 0.1) is 11.8 Å². The minimum absolute atomic E-state index is 0.544. The maximum Gasteiger partial charge on any atom is 0.0604 e. The average molecular weight is 207 g/mol. The second-order valence-corrected chi connectivity index (χ2v) is 5.26. The lowest BCUT2D eigenvalue weighted by Crippen LogP contribution is -2.56. The molecule has 3 rings (SSSR count). The van der Waals surface area contributed by atoms with E-state index in [4.69, 9.17) is 4.74 Å². The van der Waals surface area contributed by atoms with E-state index in [1.165, 1.54) is 25.7 Å². The Kier molecular flexibility index (Phi) is 2.57. The average Bonchev–Trinajstić information content (AvgIpc) is 2.51. The molecule has 2 heteroatoms. The molecule has 0 heterocycles. The van der Waals surface area contributed by atoms with E-state index in [1.54, 1.807) is 0 Å². The fraction of sp³-hybridized carbons (Fsp3) is 0.846. The Balaban J connectivity index is 1.39. The van der Waals surface area contributed by atoms with Crippen molar-refractivity contribution in [3.05, 3.63) is 12.2 Å². The van der Waals surface area contributed by atoms with Crippen LogP contribution in [0.1, 0.15) is 32.6 Å². The summed E-state index contributed by atoms with van der Waals surface area (Å²) in [6.45, 7) is 2.95. The first-order chi connectivity index (χ1) is 7.36. The number of rotatable bonds is 4. The molecule has 0 aromatic heterocycles. The molecule has 0 spiro atoms. The third-order valence-corrected chi connectivity index (χ3v) is 4.31. The first kappa shape index (κ1) is 9.86. The molecule has 0 radical (unpaired) electrons. The lowest BCUT2D eigenvalue weighted by atomic mass is 9.70. The van der Waals surface area contributed by atoms with Gasteiger partial charge in [-0.3, -0.25) is 0 Å². The fourth-order valence-electron chi connectivity index (χ4n) is 3.28. The molecule has 84 valence electrons. The Bertz CT molecular complexity index is 257. The van der Waals surface area contributed by atoms with E-state index in [-0.39, 0.29) is 0 Å². The molecule has 0 amide bonds. The predicted molar refractivity (Wildman–Crippen MR) is 60.7 cm³/mol. The molecule has 2 fully saturated rings. The zero-order valence-corrected chi connectivity index (χ0v) is 9.49. The van der Waals surface area contributed by atoms with Gasteiger partial charge in [-0.1, -0.05) is 12.2 Å². The quantitative estimate of drug-likeness (QED) is 0.713. The zero-order chi connectivity index (χ0) is 10.3. The lowest BCUT2D eigenvalue weighted by Gasteiger charge is -2.46. The molecular weight excluding hydrogens is 186 g/mol. The van der Waals surface area contributed by atoms with Crippen LogP contribution in [0.5, 0.6) is 0 Å². The molecule has 3 unspecified atom stereocenters. The molecule has 0 aromatic rings. The van der Waals surface area contributed by atoms with E-state index in [0.717, 1.165) is 30.5 Å². The van der Waals surface area contributed by atoms with Gasteiger partial charge in [0.2, 0.25) is 0 Å². The number of nitrogens with one attached hydrogen (secondary N) is 1. The van der Waals surface area contributed by atoms with Crippen LogP contribution in [-0.2, 0) is 4.74 Å². The van der Waals surface area contributed by atoms with Crippen molar-refractivity contribution in [1.29, 1.82) is 0 Å². The van der Waals surface area contributed by atoms with Gasteiger partial charge in [-0.05, 0) is 44.4 Å². The summed E-state index contributed by atoms with van der Waals surface area (Å²) in [5.41, 5.74) is 0. The van der Waals surface area contributed by atoms with Crippen LogP contribution in [0.3, 0.4) is 0 Å². The summed E-state index contributed by atoms with van der Waals surface area (Å²) in [7, 11) is 0. The maximum atomic E-state index is 5.57. The van der Waals surface area contributed by atoms with Crippen LogP contribution in [0.2, 0.25) is 0 Å². The Morgan fingerprint density at radius 2 is 2.20 bits per heavy atom. The fourth-order valence-corrected chi connectivity index (χ4v) is 3.28. The third kappa shape index (κ3) is 1.74. The first-order valence-corrected chi connectivity index (χ1v) is 6.41. The van der Waals surface area contributed by atoms with Crippen molar-refractivity contribution in [2.45, 2.75) is 50.8 Å². The second-order valence-electron chi connectivity index (χ2n) is 5.26. The second kappa shape index (κ2) is 3.91.